The van der Waals surface area contributed by atoms with Crippen LogP contribution in [0.5, 0.6) is 0 Å². The van der Waals surface area contributed by atoms with Gasteiger partial charge in [0.1, 0.15) is 22.7 Å². The van der Waals surface area contributed by atoms with Gasteiger partial charge in [0.15, 0.2) is 11.5 Å². The molecule has 0 aromatic carbocycles. The van der Waals surface area contributed by atoms with Crippen LogP contribution in [0.4, 0.5) is 4.39 Å². The smallest absolute Gasteiger partial charge is 0.303 e. The molecule has 8 nitrogen and oxygen atoms in total. The summed E-state index contributed by atoms with van der Waals surface area (Å²) in [5.41, 5.74) is 2.04. The first-order chi connectivity index (χ1) is 14.1. The largest absolute Gasteiger partial charge is 0.327 e. The molecule has 0 amide bonds. The first kappa shape index (κ1) is 17.6. The number of halogens is 1. The Morgan fingerprint density at radius 2 is 2.03 bits per heavy atom. The van der Waals surface area contributed by atoms with Gasteiger partial charge in [0.2, 0.25) is 0 Å². The minimum atomic E-state index is -0.384. The minimum absolute atomic E-state index is 0.0357. The number of aromatic nitrogens is 6. The third kappa shape index (κ3) is 2.97. The van der Waals surface area contributed by atoms with Crippen LogP contribution in [0.3, 0.4) is 0 Å². The van der Waals surface area contributed by atoms with Crippen molar-refractivity contribution in [2.24, 2.45) is 5.92 Å². The van der Waals surface area contributed by atoms with Gasteiger partial charge in [-0.3, -0.25) is 8.97 Å². The molecule has 0 spiro atoms. The lowest BCUT2D eigenvalue weighted by molar-refractivity contribution is 0.277. The van der Waals surface area contributed by atoms with Gasteiger partial charge in [-0.1, -0.05) is 0 Å². The third-order valence-electron chi connectivity index (χ3n) is 5.72. The summed E-state index contributed by atoms with van der Waals surface area (Å²) >= 11 is 0. The van der Waals surface area contributed by atoms with Gasteiger partial charge in [0.25, 0.3) is 0 Å². The molecule has 4 aromatic rings. The van der Waals surface area contributed by atoms with Gasteiger partial charge in [0.05, 0.1) is 18.5 Å². The number of nitrogens with zero attached hydrogens (tertiary/aromatic N) is 6. The molecule has 1 fully saturated rings. The van der Waals surface area contributed by atoms with E-state index in [0.29, 0.717) is 40.7 Å². The number of hydrogen-bond acceptors (Lipinski definition) is 5. The second kappa shape index (κ2) is 6.81. The lowest BCUT2D eigenvalue weighted by Gasteiger charge is -2.27. The number of H-pyrrole nitrogens is 1. The number of nitriles is 1. The van der Waals surface area contributed by atoms with E-state index in [1.807, 2.05) is 0 Å². The van der Waals surface area contributed by atoms with Crippen LogP contribution in [-0.2, 0) is 0 Å². The molecule has 0 radical (unpaired) electrons. The van der Waals surface area contributed by atoms with Gasteiger partial charge in [0, 0.05) is 18.7 Å². The van der Waals surface area contributed by atoms with Crippen molar-refractivity contribution in [1.29, 1.82) is 5.26 Å². The maximum atomic E-state index is 13.7. The molecule has 4 heterocycles. The van der Waals surface area contributed by atoms with Crippen LogP contribution in [0.1, 0.15) is 38.1 Å². The molecule has 1 aliphatic carbocycles. The molecule has 0 unspecified atom stereocenters. The second-order valence-electron chi connectivity index (χ2n) is 7.49. The summed E-state index contributed by atoms with van der Waals surface area (Å²) < 4.78 is 17.0. The summed E-state index contributed by atoms with van der Waals surface area (Å²) in [4.78, 5) is 28.7. The standard InChI is InChI=1S/C20H18FN7O/c21-13-3-6-17-23-10-16(27(17)11-13)18-24-9-15-19(26-18)28(20(29)25-15)14-4-1-12(2-5-14)7-8-22/h3,6,9-12,14H,1-2,4-5,7H2,(H,25,29). The monoisotopic (exact) mass is 391 g/mol. The van der Waals surface area contributed by atoms with Gasteiger partial charge in [-0.25, -0.2) is 24.1 Å². The van der Waals surface area contributed by atoms with E-state index in [1.165, 1.54) is 12.3 Å². The fourth-order valence-corrected chi connectivity index (χ4v) is 4.23. The number of rotatable bonds is 3. The summed E-state index contributed by atoms with van der Waals surface area (Å²) in [5, 5.41) is 8.91. The Morgan fingerprint density at radius 1 is 1.21 bits per heavy atom. The molecular formula is C20H18FN7O. The zero-order chi connectivity index (χ0) is 20.0. The van der Waals surface area contributed by atoms with E-state index in [1.54, 1.807) is 27.4 Å². The van der Waals surface area contributed by atoms with E-state index >= 15 is 0 Å². The Kier molecular flexibility index (Phi) is 4.12. The summed E-state index contributed by atoms with van der Waals surface area (Å²) in [6.07, 6.45) is 8.58. The highest BCUT2D eigenvalue weighted by Crippen LogP contribution is 2.34. The SMILES string of the molecule is N#CCC1CCC(n2c(=O)[nH]c3cnc(-c4cnc5ccc(F)cn45)nc32)CC1. The molecule has 0 atom stereocenters. The van der Waals surface area contributed by atoms with Crippen LogP contribution in [0.2, 0.25) is 0 Å². The molecular weight excluding hydrogens is 373 g/mol. The number of fused-ring (bicyclic) bond motifs is 2. The highest BCUT2D eigenvalue weighted by molar-refractivity contribution is 5.72. The van der Waals surface area contributed by atoms with Gasteiger partial charge >= 0.3 is 5.69 Å². The van der Waals surface area contributed by atoms with Crippen molar-refractivity contribution < 1.29 is 4.39 Å². The fraction of sp³-hybridized carbons (Fsp3) is 0.350. The molecule has 1 saturated carbocycles. The molecule has 29 heavy (non-hydrogen) atoms. The molecule has 0 saturated heterocycles. The van der Waals surface area contributed by atoms with Crippen molar-refractivity contribution >= 4 is 16.8 Å². The molecule has 0 bridgehead atoms. The zero-order valence-electron chi connectivity index (χ0n) is 15.5. The van der Waals surface area contributed by atoms with E-state index in [9.17, 15) is 9.18 Å². The van der Waals surface area contributed by atoms with Gasteiger partial charge < -0.3 is 4.98 Å². The average molecular weight is 391 g/mol. The van der Waals surface area contributed by atoms with Crippen molar-refractivity contribution in [2.75, 3.05) is 0 Å². The van der Waals surface area contributed by atoms with Gasteiger partial charge in [-0.15, -0.1) is 0 Å². The van der Waals surface area contributed by atoms with Crippen molar-refractivity contribution in [1.82, 2.24) is 28.9 Å². The Morgan fingerprint density at radius 3 is 2.83 bits per heavy atom. The zero-order valence-corrected chi connectivity index (χ0v) is 15.5. The van der Waals surface area contributed by atoms with Crippen LogP contribution in [0.25, 0.3) is 28.3 Å². The third-order valence-corrected chi connectivity index (χ3v) is 5.72. The van der Waals surface area contributed by atoms with Gasteiger partial charge in [-0.05, 0) is 43.7 Å². The van der Waals surface area contributed by atoms with E-state index in [2.05, 4.69) is 26.0 Å². The lowest BCUT2D eigenvalue weighted by Crippen LogP contribution is -2.26. The van der Waals surface area contributed by atoms with Crippen LogP contribution in [0.15, 0.2) is 35.5 Å². The van der Waals surface area contributed by atoms with E-state index in [-0.39, 0.29) is 17.5 Å². The van der Waals surface area contributed by atoms with Crippen LogP contribution in [0, 0.1) is 23.1 Å². The van der Waals surface area contributed by atoms with E-state index < -0.39 is 0 Å². The summed E-state index contributed by atoms with van der Waals surface area (Å²) in [7, 11) is 0. The molecule has 4 aromatic heterocycles. The van der Waals surface area contributed by atoms with Crippen molar-refractivity contribution in [3.63, 3.8) is 0 Å². The number of pyridine rings is 1. The Labute approximate surface area is 164 Å². The lowest BCUT2D eigenvalue weighted by atomic mass is 9.84. The van der Waals surface area contributed by atoms with Crippen molar-refractivity contribution in [3.8, 4) is 17.6 Å². The summed E-state index contributed by atoms with van der Waals surface area (Å²) in [6, 6.07) is 5.21. The predicted molar refractivity (Wildman–Crippen MR) is 104 cm³/mol. The van der Waals surface area contributed by atoms with Crippen LogP contribution >= 0.6 is 0 Å². The second-order valence-corrected chi connectivity index (χ2v) is 7.49. The maximum absolute atomic E-state index is 13.7. The van der Waals surface area contributed by atoms with Crippen LogP contribution in [-0.4, -0.2) is 28.9 Å². The maximum Gasteiger partial charge on any atom is 0.327 e. The number of aromatic amines is 1. The molecule has 1 N–H and O–H groups in total. The Bertz CT molecular complexity index is 1300. The molecule has 1 aliphatic rings. The summed E-state index contributed by atoms with van der Waals surface area (Å²) in [5.74, 6) is 0.391. The Balaban J connectivity index is 1.57. The van der Waals surface area contributed by atoms with Crippen molar-refractivity contribution in [3.05, 3.63) is 47.0 Å². The van der Waals surface area contributed by atoms with Gasteiger partial charge in [-0.2, -0.15) is 5.26 Å². The first-order valence-electron chi connectivity index (χ1n) is 9.61. The predicted octanol–water partition coefficient (Wildman–Crippen LogP) is 3.22. The fourth-order valence-electron chi connectivity index (χ4n) is 4.23. The van der Waals surface area contributed by atoms with Crippen molar-refractivity contribution in [2.45, 2.75) is 38.1 Å². The molecule has 0 aliphatic heterocycles. The number of nitrogens with one attached hydrogen (secondary N) is 1. The van der Waals surface area contributed by atoms with E-state index in [4.69, 9.17) is 5.26 Å². The minimum Gasteiger partial charge on any atom is -0.303 e. The topological polar surface area (TPSA) is 105 Å². The molecule has 9 heteroatoms. The first-order valence-corrected chi connectivity index (χ1v) is 9.61. The average Bonchev–Trinajstić information content (AvgIpc) is 3.28. The summed E-state index contributed by atoms with van der Waals surface area (Å²) in [6.45, 7) is 0. The van der Waals surface area contributed by atoms with Crippen LogP contribution < -0.4 is 5.69 Å². The van der Waals surface area contributed by atoms with E-state index in [0.717, 1.165) is 25.7 Å². The number of hydrogen-bond donors (Lipinski definition) is 1. The highest BCUT2D eigenvalue weighted by Gasteiger charge is 2.26. The quantitative estimate of drug-likeness (QED) is 0.577. The number of imidazole rings is 2. The molecule has 146 valence electrons. The highest BCUT2D eigenvalue weighted by atomic mass is 19.1. The Hall–Kier alpha value is -3.54. The normalized spacial score (nSPS) is 19.6. The molecule has 5 rings (SSSR count).